The fraction of sp³-hybridized carbons (Fsp3) is 0.562. The van der Waals surface area contributed by atoms with Gasteiger partial charge in [-0.1, -0.05) is 18.2 Å². The maximum Gasteiger partial charge on any atom is 0.231 e. The lowest BCUT2D eigenvalue weighted by molar-refractivity contribution is -0.119. The molecular weight excluding hydrogens is 282 g/mol. The lowest BCUT2D eigenvalue weighted by Gasteiger charge is -2.37. The summed E-state index contributed by atoms with van der Waals surface area (Å²) in [5.41, 5.74) is 5.24. The van der Waals surface area contributed by atoms with Gasteiger partial charge in [-0.2, -0.15) is 0 Å². The molecule has 116 valence electrons. The second kappa shape index (κ2) is 8.41. The highest BCUT2D eigenvalue weighted by molar-refractivity contribution is 7.99. The quantitative estimate of drug-likeness (QED) is 0.778. The van der Waals surface area contributed by atoms with Crippen molar-refractivity contribution in [2.75, 3.05) is 38.5 Å². The number of primary amides is 1. The monoisotopic (exact) mass is 307 g/mol. The first kappa shape index (κ1) is 16.3. The molecule has 21 heavy (non-hydrogen) atoms. The minimum Gasteiger partial charge on any atom is -0.369 e. The molecule has 1 unspecified atom stereocenters. The zero-order chi connectivity index (χ0) is 15.1. The van der Waals surface area contributed by atoms with Crippen LogP contribution in [0.5, 0.6) is 0 Å². The number of benzene rings is 1. The molecule has 1 amide bonds. The molecule has 5 heteroatoms. The number of rotatable bonds is 7. The maximum absolute atomic E-state index is 10.9. The first-order valence-electron chi connectivity index (χ1n) is 7.57. The Bertz CT molecular complexity index is 432. The van der Waals surface area contributed by atoms with E-state index in [0.717, 1.165) is 31.9 Å². The molecule has 1 aliphatic heterocycles. The lowest BCUT2D eigenvalue weighted by Crippen LogP contribution is -2.51. The number of hydrogen-bond acceptors (Lipinski definition) is 4. The third-order valence-corrected chi connectivity index (χ3v) is 5.00. The molecule has 0 spiro atoms. The molecule has 1 heterocycles. The van der Waals surface area contributed by atoms with Crippen molar-refractivity contribution in [1.82, 2.24) is 9.80 Å². The molecule has 4 nitrogen and oxygen atoms in total. The van der Waals surface area contributed by atoms with Crippen molar-refractivity contribution in [3.8, 4) is 0 Å². The van der Waals surface area contributed by atoms with Gasteiger partial charge in [-0.05, 0) is 31.2 Å². The van der Waals surface area contributed by atoms with Crippen LogP contribution in [0.3, 0.4) is 0 Å². The number of amides is 1. The van der Waals surface area contributed by atoms with Crippen LogP contribution in [0.2, 0.25) is 0 Å². The molecule has 1 aromatic carbocycles. The number of carbonyl (C=O) groups is 1. The molecule has 2 rings (SSSR count). The van der Waals surface area contributed by atoms with Crippen LogP contribution in [-0.2, 0) is 4.79 Å². The zero-order valence-electron chi connectivity index (χ0n) is 12.7. The van der Waals surface area contributed by atoms with Crippen molar-refractivity contribution in [2.45, 2.75) is 24.3 Å². The van der Waals surface area contributed by atoms with E-state index >= 15 is 0 Å². The van der Waals surface area contributed by atoms with E-state index in [9.17, 15) is 4.79 Å². The highest BCUT2D eigenvalue weighted by Gasteiger charge is 2.21. The van der Waals surface area contributed by atoms with Gasteiger partial charge in [0, 0.05) is 37.1 Å². The number of carbonyl (C=O) groups excluding carboxylic acids is 1. The Labute approximate surface area is 131 Å². The molecule has 0 radical (unpaired) electrons. The summed E-state index contributed by atoms with van der Waals surface area (Å²) in [5, 5.41) is 0. The van der Waals surface area contributed by atoms with Gasteiger partial charge >= 0.3 is 0 Å². The predicted octanol–water partition coefficient (Wildman–Crippen LogP) is 1.66. The van der Waals surface area contributed by atoms with Gasteiger partial charge in [0.25, 0.3) is 0 Å². The van der Waals surface area contributed by atoms with Crippen LogP contribution in [0, 0.1) is 0 Å². The topological polar surface area (TPSA) is 49.6 Å². The van der Waals surface area contributed by atoms with Crippen LogP contribution in [0.15, 0.2) is 35.2 Å². The molecule has 2 N–H and O–H groups in total. The molecule has 1 atom stereocenters. The van der Waals surface area contributed by atoms with Gasteiger partial charge in [-0.3, -0.25) is 14.6 Å². The van der Waals surface area contributed by atoms with Gasteiger partial charge in [0.2, 0.25) is 5.91 Å². The van der Waals surface area contributed by atoms with E-state index in [-0.39, 0.29) is 5.91 Å². The summed E-state index contributed by atoms with van der Waals surface area (Å²) in [7, 11) is 0. The minimum atomic E-state index is -0.226. The molecule has 1 saturated heterocycles. The van der Waals surface area contributed by atoms with Crippen LogP contribution in [-0.4, -0.2) is 60.2 Å². The van der Waals surface area contributed by atoms with Crippen LogP contribution in [0.4, 0.5) is 0 Å². The van der Waals surface area contributed by atoms with Crippen molar-refractivity contribution in [1.29, 1.82) is 0 Å². The van der Waals surface area contributed by atoms with E-state index in [1.165, 1.54) is 11.3 Å². The van der Waals surface area contributed by atoms with Gasteiger partial charge in [-0.25, -0.2) is 0 Å². The van der Waals surface area contributed by atoms with E-state index in [1.54, 1.807) is 0 Å². The Hall–Kier alpha value is -1.04. The fourth-order valence-corrected chi connectivity index (χ4v) is 3.67. The molecule has 1 aliphatic rings. The summed E-state index contributed by atoms with van der Waals surface area (Å²) >= 11 is 1.92. The zero-order valence-corrected chi connectivity index (χ0v) is 13.5. The van der Waals surface area contributed by atoms with Crippen molar-refractivity contribution in [2.24, 2.45) is 5.73 Å². The van der Waals surface area contributed by atoms with E-state index in [2.05, 4.69) is 47.1 Å². The third-order valence-electron chi connectivity index (χ3n) is 3.96. The standard InChI is InChI=1S/C16H25N3OS/c1-14(7-12-21-15-5-3-2-4-6-15)19-10-8-18(9-11-19)13-16(17)20/h2-6,14H,7-13H2,1H3,(H2,17,20). The van der Waals surface area contributed by atoms with Crippen LogP contribution in [0.25, 0.3) is 0 Å². The van der Waals surface area contributed by atoms with E-state index < -0.39 is 0 Å². The predicted molar refractivity (Wildman–Crippen MR) is 88.5 cm³/mol. The summed E-state index contributed by atoms with van der Waals surface area (Å²) in [6.07, 6.45) is 1.19. The first-order chi connectivity index (χ1) is 10.1. The Morgan fingerprint density at radius 3 is 2.52 bits per heavy atom. The summed E-state index contributed by atoms with van der Waals surface area (Å²) in [4.78, 5) is 16.9. The highest BCUT2D eigenvalue weighted by Crippen LogP contribution is 2.20. The van der Waals surface area contributed by atoms with Gasteiger partial charge < -0.3 is 5.73 Å². The van der Waals surface area contributed by atoms with Crippen LogP contribution < -0.4 is 5.73 Å². The molecule has 0 aliphatic carbocycles. The third kappa shape index (κ3) is 5.69. The van der Waals surface area contributed by atoms with E-state index in [0.29, 0.717) is 12.6 Å². The number of nitrogens with two attached hydrogens (primary N) is 1. The highest BCUT2D eigenvalue weighted by atomic mass is 32.2. The summed E-state index contributed by atoms with van der Waals surface area (Å²) in [5.74, 6) is 0.919. The summed E-state index contributed by atoms with van der Waals surface area (Å²) < 4.78 is 0. The smallest absolute Gasteiger partial charge is 0.231 e. The van der Waals surface area contributed by atoms with Crippen LogP contribution in [0.1, 0.15) is 13.3 Å². The molecule has 1 aromatic rings. The Balaban J connectivity index is 1.65. The second-order valence-corrected chi connectivity index (χ2v) is 6.75. The molecule has 1 fully saturated rings. The van der Waals surface area contributed by atoms with E-state index in [1.807, 2.05) is 11.8 Å². The van der Waals surface area contributed by atoms with Gasteiger partial charge in [-0.15, -0.1) is 11.8 Å². The van der Waals surface area contributed by atoms with Crippen molar-refractivity contribution >= 4 is 17.7 Å². The first-order valence-corrected chi connectivity index (χ1v) is 8.56. The average molecular weight is 307 g/mol. The van der Waals surface area contributed by atoms with Crippen molar-refractivity contribution < 1.29 is 4.79 Å². The lowest BCUT2D eigenvalue weighted by atomic mass is 10.2. The second-order valence-electron chi connectivity index (χ2n) is 5.58. The normalized spacial score (nSPS) is 18.5. The maximum atomic E-state index is 10.9. The van der Waals surface area contributed by atoms with Gasteiger partial charge in [0.05, 0.1) is 6.54 Å². The van der Waals surface area contributed by atoms with Crippen LogP contribution >= 0.6 is 11.8 Å². The van der Waals surface area contributed by atoms with Gasteiger partial charge in [0.15, 0.2) is 0 Å². The Morgan fingerprint density at radius 1 is 1.24 bits per heavy atom. The molecule has 0 bridgehead atoms. The number of piperazine rings is 1. The minimum absolute atomic E-state index is 0.226. The van der Waals surface area contributed by atoms with Crippen molar-refractivity contribution in [3.05, 3.63) is 30.3 Å². The number of hydrogen-bond donors (Lipinski definition) is 1. The number of nitrogens with zero attached hydrogens (tertiary/aromatic N) is 2. The summed E-state index contributed by atoms with van der Waals surface area (Å²) in [6, 6.07) is 11.2. The Morgan fingerprint density at radius 2 is 1.90 bits per heavy atom. The van der Waals surface area contributed by atoms with Gasteiger partial charge in [0.1, 0.15) is 0 Å². The largest absolute Gasteiger partial charge is 0.369 e. The SMILES string of the molecule is CC(CCSc1ccccc1)N1CCN(CC(N)=O)CC1. The van der Waals surface area contributed by atoms with E-state index in [4.69, 9.17) is 5.73 Å². The number of thioether (sulfide) groups is 1. The molecular formula is C16H25N3OS. The fourth-order valence-electron chi connectivity index (χ4n) is 2.63. The van der Waals surface area contributed by atoms with Crippen molar-refractivity contribution in [3.63, 3.8) is 0 Å². The molecule has 0 aromatic heterocycles. The Kier molecular flexibility index (Phi) is 6.54. The molecule has 0 saturated carbocycles. The summed E-state index contributed by atoms with van der Waals surface area (Å²) in [6.45, 7) is 6.65. The average Bonchev–Trinajstić information content (AvgIpc) is 2.48.